The zero-order valence-corrected chi connectivity index (χ0v) is 13.0. The first-order valence-corrected chi connectivity index (χ1v) is 6.92. The SMILES string of the molecule is FC(F)(F)c1cc(C2C=CC(Cl)(C(F)(F)F)C=C2Cl)nc(Cl)n1. The first-order chi connectivity index (χ1) is 10.3. The van der Waals surface area contributed by atoms with Gasteiger partial charge in [-0.15, -0.1) is 11.6 Å². The summed E-state index contributed by atoms with van der Waals surface area (Å²) in [6, 6.07) is 0.561. The lowest BCUT2D eigenvalue weighted by Gasteiger charge is -2.28. The highest BCUT2D eigenvalue weighted by atomic mass is 35.5. The highest BCUT2D eigenvalue weighted by Crippen LogP contribution is 2.46. The van der Waals surface area contributed by atoms with Crippen molar-refractivity contribution < 1.29 is 26.3 Å². The summed E-state index contributed by atoms with van der Waals surface area (Å²) < 4.78 is 76.6. The van der Waals surface area contributed by atoms with Crippen LogP contribution in [-0.2, 0) is 6.18 Å². The summed E-state index contributed by atoms with van der Waals surface area (Å²) in [5, 5.41) is -1.13. The predicted octanol–water partition coefficient (Wildman–Crippen LogP) is 5.46. The van der Waals surface area contributed by atoms with E-state index in [1.54, 1.807) is 0 Å². The van der Waals surface area contributed by atoms with E-state index in [4.69, 9.17) is 34.8 Å². The number of halogens is 9. The van der Waals surface area contributed by atoms with Gasteiger partial charge < -0.3 is 0 Å². The molecule has 2 rings (SSSR count). The summed E-state index contributed by atoms with van der Waals surface area (Å²) in [6.45, 7) is 0. The van der Waals surface area contributed by atoms with Gasteiger partial charge in [-0.2, -0.15) is 26.3 Å². The monoisotopic (exact) mass is 396 g/mol. The van der Waals surface area contributed by atoms with Crippen LogP contribution in [0.4, 0.5) is 26.3 Å². The number of allylic oxidation sites excluding steroid dienone is 4. The number of aromatic nitrogens is 2. The third-order valence-electron chi connectivity index (χ3n) is 2.94. The molecule has 0 N–H and O–H groups in total. The Hall–Kier alpha value is -0.990. The molecule has 0 aliphatic heterocycles. The lowest BCUT2D eigenvalue weighted by atomic mass is 9.92. The summed E-state index contributed by atoms with van der Waals surface area (Å²) in [5.74, 6) is -1.15. The van der Waals surface area contributed by atoms with Crippen LogP contribution in [0.15, 0.2) is 29.3 Å². The summed E-state index contributed by atoms with van der Waals surface area (Å²) in [7, 11) is 0. The molecule has 23 heavy (non-hydrogen) atoms. The van der Waals surface area contributed by atoms with Gasteiger partial charge in [0.15, 0.2) is 4.87 Å². The molecular weight excluding hydrogens is 392 g/mol. The van der Waals surface area contributed by atoms with Gasteiger partial charge in [0.1, 0.15) is 5.69 Å². The maximum absolute atomic E-state index is 12.8. The average molecular weight is 398 g/mol. The van der Waals surface area contributed by atoms with E-state index in [1.807, 2.05) is 0 Å². The maximum atomic E-state index is 12.8. The summed E-state index contributed by atoms with van der Waals surface area (Å²) in [5.41, 5.74) is -1.63. The van der Waals surface area contributed by atoms with Crippen molar-refractivity contribution in [3.8, 4) is 0 Å². The molecule has 1 aliphatic carbocycles. The fourth-order valence-corrected chi connectivity index (χ4v) is 2.61. The van der Waals surface area contributed by atoms with Gasteiger partial charge in [0.25, 0.3) is 0 Å². The normalized spacial score (nSPS) is 25.4. The van der Waals surface area contributed by atoms with Crippen molar-refractivity contribution in [2.24, 2.45) is 0 Å². The molecule has 0 amide bonds. The molecule has 1 heterocycles. The lowest BCUT2D eigenvalue weighted by Crippen LogP contribution is -2.37. The minimum Gasteiger partial charge on any atom is -0.222 e. The van der Waals surface area contributed by atoms with E-state index in [0.29, 0.717) is 18.2 Å². The van der Waals surface area contributed by atoms with E-state index in [1.165, 1.54) is 0 Å². The van der Waals surface area contributed by atoms with Crippen LogP contribution in [0.1, 0.15) is 17.3 Å². The molecule has 1 aromatic heterocycles. The maximum Gasteiger partial charge on any atom is 0.433 e. The Morgan fingerprint density at radius 2 is 1.65 bits per heavy atom. The van der Waals surface area contributed by atoms with Gasteiger partial charge in [-0.25, -0.2) is 9.97 Å². The minimum absolute atomic E-state index is 0.296. The van der Waals surface area contributed by atoms with Crippen LogP contribution in [0.3, 0.4) is 0 Å². The minimum atomic E-state index is -4.82. The van der Waals surface area contributed by atoms with Crippen molar-refractivity contribution in [3.63, 3.8) is 0 Å². The summed E-state index contributed by atoms with van der Waals surface area (Å²) in [6.07, 6.45) is -7.60. The number of nitrogens with zero attached hydrogens (tertiary/aromatic N) is 2. The van der Waals surface area contributed by atoms with E-state index in [2.05, 4.69) is 9.97 Å². The third-order valence-corrected chi connectivity index (χ3v) is 3.90. The van der Waals surface area contributed by atoms with Gasteiger partial charge in [0, 0.05) is 5.03 Å². The molecule has 126 valence electrons. The van der Waals surface area contributed by atoms with Crippen LogP contribution in [0.5, 0.6) is 0 Å². The Balaban J connectivity index is 2.45. The molecule has 1 aliphatic rings. The Morgan fingerprint density at radius 3 is 2.13 bits per heavy atom. The van der Waals surface area contributed by atoms with Crippen LogP contribution in [-0.4, -0.2) is 21.0 Å². The number of hydrogen-bond acceptors (Lipinski definition) is 2. The third kappa shape index (κ3) is 3.75. The second-order valence-corrected chi connectivity index (χ2v) is 5.98. The van der Waals surface area contributed by atoms with Crippen LogP contribution in [0.25, 0.3) is 0 Å². The van der Waals surface area contributed by atoms with Gasteiger partial charge in [-0.3, -0.25) is 0 Å². The largest absolute Gasteiger partial charge is 0.433 e. The zero-order chi connectivity index (χ0) is 17.6. The standard InChI is InChI=1S/C12H5Cl3F6N2/c13-6-4-10(15,12(19,20)21)2-1-5(6)7-3-8(11(16,17)18)23-9(14)22-7/h1-5H. The average Bonchev–Trinajstić information content (AvgIpc) is 2.35. The quantitative estimate of drug-likeness (QED) is 0.272. The molecule has 0 spiro atoms. The van der Waals surface area contributed by atoms with E-state index in [9.17, 15) is 26.3 Å². The number of rotatable bonds is 1. The molecule has 0 aromatic carbocycles. The molecular formula is C12H5Cl3F6N2. The van der Waals surface area contributed by atoms with Crippen molar-refractivity contribution in [3.05, 3.63) is 46.0 Å². The van der Waals surface area contributed by atoms with Crippen LogP contribution in [0.2, 0.25) is 5.28 Å². The van der Waals surface area contributed by atoms with Crippen molar-refractivity contribution >= 4 is 34.8 Å². The zero-order valence-electron chi connectivity index (χ0n) is 10.7. The Labute approximate surface area is 140 Å². The van der Waals surface area contributed by atoms with Gasteiger partial charge >= 0.3 is 12.4 Å². The molecule has 1 aromatic rings. The van der Waals surface area contributed by atoms with Crippen molar-refractivity contribution in [1.82, 2.24) is 9.97 Å². The molecule has 11 heteroatoms. The Morgan fingerprint density at radius 1 is 1.04 bits per heavy atom. The first-order valence-electron chi connectivity index (χ1n) is 5.78. The molecule has 2 unspecified atom stereocenters. The first kappa shape index (κ1) is 18.4. The molecule has 2 nitrogen and oxygen atoms in total. The Kier molecular flexibility index (Phi) is 4.65. The molecule has 0 saturated carbocycles. The summed E-state index contributed by atoms with van der Waals surface area (Å²) >= 11 is 16.6. The van der Waals surface area contributed by atoms with Gasteiger partial charge in [0.2, 0.25) is 5.28 Å². The highest BCUT2D eigenvalue weighted by molar-refractivity contribution is 6.33. The predicted molar refractivity (Wildman–Crippen MR) is 72.5 cm³/mol. The second kappa shape index (κ2) is 5.82. The second-order valence-electron chi connectivity index (χ2n) is 4.58. The molecule has 0 saturated heterocycles. The van der Waals surface area contributed by atoms with Gasteiger partial charge in [-0.05, 0) is 23.7 Å². The Bertz CT molecular complexity index is 682. The van der Waals surface area contributed by atoms with E-state index >= 15 is 0 Å². The topological polar surface area (TPSA) is 25.8 Å². The fraction of sp³-hybridized carbons (Fsp3) is 0.333. The number of hydrogen-bond donors (Lipinski definition) is 0. The number of alkyl halides is 7. The van der Waals surface area contributed by atoms with Crippen molar-refractivity contribution in [2.75, 3.05) is 0 Å². The van der Waals surface area contributed by atoms with E-state index < -0.39 is 39.2 Å². The fourth-order valence-electron chi connectivity index (χ4n) is 1.82. The van der Waals surface area contributed by atoms with Crippen LogP contribution in [0, 0.1) is 0 Å². The van der Waals surface area contributed by atoms with E-state index in [-0.39, 0.29) is 5.69 Å². The van der Waals surface area contributed by atoms with Crippen molar-refractivity contribution in [1.29, 1.82) is 0 Å². The van der Waals surface area contributed by atoms with Crippen molar-refractivity contribution in [2.45, 2.75) is 23.1 Å². The molecule has 0 fully saturated rings. The highest BCUT2D eigenvalue weighted by Gasteiger charge is 2.52. The smallest absolute Gasteiger partial charge is 0.222 e. The van der Waals surface area contributed by atoms with Crippen LogP contribution >= 0.6 is 34.8 Å². The molecule has 2 atom stereocenters. The van der Waals surface area contributed by atoms with Gasteiger partial charge in [0.05, 0.1) is 11.6 Å². The van der Waals surface area contributed by atoms with Gasteiger partial charge in [-0.1, -0.05) is 23.8 Å². The van der Waals surface area contributed by atoms with E-state index in [0.717, 1.165) is 6.08 Å². The van der Waals surface area contributed by atoms with Crippen LogP contribution < -0.4 is 0 Å². The summed E-state index contributed by atoms with van der Waals surface area (Å²) in [4.78, 5) is 3.79. The lowest BCUT2D eigenvalue weighted by molar-refractivity contribution is -0.141. The molecule has 0 radical (unpaired) electrons. The molecule has 0 bridgehead atoms.